The maximum atomic E-state index is 12.0. The lowest BCUT2D eigenvalue weighted by Crippen LogP contribution is -2.17. The standard InChI is InChI=1S/C20H21ClN6O4S/c1-22-19(28)12-8-9-17(31-2)16(10-12)25-20-23-11-13(21)18(26-20)24-14-6-4-5-7-15(14)27-32(3,29)30/h4-11,27H,1-3H3,(H,22,28)(H2,23,24,25,26). The molecule has 1 amide bonds. The molecule has 0 fully saturated rings. The monoisotopic (exact) mass is 476 g/mol. The molecule has 12 heteroatoms. The number of carbonyl (C=O) groups is 1. The Kier molecular flexibility index (Phi) is 7.01. The van der Waals surface area contributed by atoms with Crippen LogP contribution in [0.2, 0.25) is 5.02 Å². The molecule has 0 unspecified atom stereocenters. The number of rotatable bonds is 8. The average Bonchev–Trinajstić information content (AvgIpc) is 2.75. The molecular weight excluding hydrogens is 456 g/mol. The number of carbonyl (C=O) groups excluding carboxylic acids is 1. The number of amides is 1. The molecule has 0 aliphatic heterocycles. The summed E-state index contributed by atoms with van der Waals surface area (Å²) in [6.45, 7) is 0. The van der Waals surface area contributed by atoms with Gasteiger partial charge in [-0.1, -0.05) is 23.7 Å². The maximum Gasteiger partial charge on any atom is 0.251 e. The Morgan fingerprint density at radius 2 is 1.78 bits per heavy atom. The van der Waals surface area contributed by atoms with E-state index in [1.165, 1.54) is 20.4 Å². The highest BCUT2D eigenvalue weighted by Crippen LogP contribution is 2.31. The van der Waals surface area contributed by atoms with E-state index in [0.717, 1.165) is 6.26 Å². The zero-order valence-electron chi connectivity index (χ0n) is 17.4. The maximum absolute atomic E-state index is 12.0. The van der Waals surface area contributed by atoms with Crippen molar-refractivity contribution >= 4 is 56.4 Å². The normalized spacial score (nSPS) is 10.9. The first kappa shape index (κ1) is 23.1. The zero-order chi connectivity index (χ0) is 23.3. The molecule has 0 spiro atoms. The third-order valence-electron chi connectivity index (χ3n) is 4.15. The summed E-state index contributed by atoms with van der Waals surface area (Å²) >= 11 is 6.25. The number of hydrogen-bond acceptors (Lipinski definition) is 8. The van der Waals surface area contributed by atoms with Crippen molar-refractivity contribution in [3.05, 3.63) is 59.2 Å². The summed E-state index contributed by atoms with van der Waals surface area (Å²) in [7, 11) is -0.447. The van der Waals surface area contributed by atoms with Crippen LogP contribution in [0.4, 0.5) is 28.8 Å². The third-order valence-corrected chi connectivity index (χ3v) is 5.02. The number of halogens is 1. The van der Waals surface area contributed by atoms with Crippen LogP contribution in [0, 0.1) is 0 Å². The van der Waals surface area contributed by atoms with Crippen molar-refractivity contribution in [2.45, 2.75) is 0 Å². The Labute approximate surface area is 190 Å². The first-order chi connectivity index (χ1) is 15.2. The van der Waals surface area contributed by atoms with Gasteiger partial charge in [0.1, 0.15) is 10.8 Å². The summed E-state index contributed by atoms with van der Waals surface area (Å²) in [5.41, 5.74) is 1.67. The van der Waals surface area contributed by atoms with Crippen molar-refractivity contribution < 1.29 is 17.9 Å². The number of ether oxygens (including phenoxy) is 1. The molecule has 4 N–H and O–H groups in total. The van der Waals surface area contributed by atoms with Crippen molar-refractivity contribution in [1.29, 1.82) is 0 Å². The quantitative estimate of drug-likeness (QED) is 0.389. The summed E-state index contributed by atoms with van der Waals surface area (Å²) in [4.78, 5) is 20.5. The van der Waals surface area contributed by atoms with Gasteiger partial charge < -0.3 is 20.7 Å². The molecule has 0 atom stereocenters. The fraction of sp³-hybridized carbons (Fsp3) is 0.150. The topological polar surface area (TPSA) is 134 Å². The van der Waals surface area contributed by atoms with Crippen LogP contribution < -0.4 is 25.4 Å². The van der Waals surface area contributed by atoms with Crippen LogP contribution in [0.5, 0.6) is 5.75 Å². The lowest BCUT2D eigenvalue weighted by molar-refractivity contribution is 0.0963. The second-order valence-electron chi connectivity index (χ2n) is 6.55. The van der Waals surface area contributed by atoms with Crippen LogP contribution in [-0.4, -0.2) is 44.7 Å². The van der Waals surface area contributed by atoms with Crippen molar-refractivity contribution in [1.82, 2.24) is 15.3 Å². The number of anilines is 5. The second-order valence-corrected chi connectivity index (χ2v) is 8.71. The number of benzene rings is 2. The molecular formula is C20H21ClN6O4S. The highest BCUT2D eigenvalue weighted by atomic mass is 35.5. The van der Waals surface area contributed by atoms with Gasteiger partial charge in [-0.15, -0.1) is 0 Å². The second kappa shape index (κ2) is 9.71. The lowest BCUT2D eigenvalue weighted by Gasteiger charge is -2.15. The fourth-order valence-electron chi connectivity index (χ4n) is 2.74. The van der Waals surface area contributed by atoms with E-state index in [9.17, 15) is 13.2 Å². The molecule has 0 aliphatic rings. The zero-order valence-corrected chi connectivity index (χ0v) is 19.0. The van der Waals surface area contributed by atoms with E-state index in [1.54, 1.807) is 42.5 Å². The minimum Gasteiger partial charge on any atom is -0.495 e. The molecule has 0 saturated carbocycles. The van der Waals surface area contributed by atoms with Gasteiger partial charge in [-0.2, -0.15) is 4.98 Å². The molecule has 3 aromatic rings. The Bertz CT molecular complexity index is 1250. The number of methoxy groups -OCH3 is 1. The predicted octanol–water partition coefficient (Wildman–Crippen LogP) is 3.36. The minimum absolute atomic E-state index is 0.179. The molecule has 0 bridgehead atoms. The van der Waals surface area contributed by atoms with Crippen LogP contribution in [0.3, 0.4) is 0 Å². The third kappa shape index (κ3) is 5.77. The molecule has 32 heavy (non-hydrogen) atoms. The van der Waals surface area contributed by atoms with E-state index in [-0.39, 0.29) is 22.7 Å². The molecule has 10 nitrogen and oxygen atoms in total. The summed E-state index contributed by atoms with van der Waals surface area (Å²) in [5, 5.41) is 8.80. The average molecular weight is 477 g/mol. The summed E-state index contributed by atoms with van der Waals surface area (Å²) in [6, 6.07) is 11.6. The molecule has 3 rings (SSSR count). The van der Waals surface area contributed by atoms with E-state index in [4.69, 9.17) is 16.3 Å². The SMILES string of the molecule is CNC(=O)c1ccc(OC)c(Nc2ncc(Cl)c(Nc3ccccc3NS(C)(=O)=O)n2)c1. The Morgan fingerprint density at radius 1 is 1.06 bits per heavy atom. The van der Waals surface area contributed by atoms with Crippen LogP contribution in [0.1, 0.15) is 10.4 Å². The number of hydrogen-bond donors (Lipinski definition) is 4. The van der Waals surface area contributed by atoms with Crippen LogP contribution in [0.15, 0.2) is 48.7 Å². The molecule has 0 radical (unpaired) electrons. The molecule has 0 aliphatic carbocycles. The molecule has 2 aromatic carbocycles. The van der Waals surface area contributed by atoms with Crippen molar-refractivity contribution in [2.24, 2.45) is 0 Å². The summed E-state index contributed by atoms with van der Waals surface area (Å²) < 4.78 is 31.1. The molecule has 1 heterocycles. The van der Waals surface area contributed by atoms with E-state index in [2.05, 4.69) is 30.6 Å². The van der Waals surface area contributed by atoms with Crippen LogP contribution in [0.25, 0.3) is 0 Å². The van der Waals surface area contributed by atoms with Crippen molar-refractivity contribution in [2.75, 3.05) is 35.8 Å². The highest BCUT2D eigenvalue weighted by Gasteiger charge is 2.14. The van der Waals surface area contributed by atoms with Gasteiger partial charge in [0.15, 0.2) is 5.82 Å². The van der Waals surface area contributed by atoms with E-state index in [1.807, 2.05) is 0 Å². The number of sulfonamides is 1. The van der Waals surface area contributed by atoms with Gasteiger partial charge in [-0.3, -0.25) is 9.52 Å². The summed E-state index contributed by atoms with van der Waals surface area (Å²) in [5.74, 6) is 0.643. The first-order valence-corrected chi connectivity index (χ1v) is 11.5. The number of para-hydroxylation sites is 2. The Hall–Kier alpha value is -3.57. The van der Waals surface area contributed by atoms with Crippen LogP contribution in [-0.2, 0) is 10.0 Å². The Balaban J connectivity index is 1.92. The lowest BCUT2D eigenvalue weighted by atomic mass is 10.1. The van der Waals surface area contributed by atoms with Crippen molar-refractivity contribution in [3.63, 3.8) is 0 Å². The fourth-order valence-corrected chi connectivity index (χ4v) is 3.45. The predicted molar refractivity (Wildman–Crippen MR) is 125 cm³/mol. The van der Waals surface area contributed by atoms with Gasteiger partial charge in [0, 0.05) is 12.6 Å². The van der Waals surface area contributed by atoms with E-state index in [0.29, 0.717) is 28.4 Å². The molecule has 0 saturated heterocycles. The van der Waals surface area contributed by atoms with Gasteiger partial charge >= 0.3 is 0 Å². The minimum atomic E-state index is -3.49. The van der Waals surface area contributed by atoms with E-state index >= 15 is 0 Å². The Morgan fingerprint density at radius 3 is 2.44 bits per heavy atom. The van der Waals surface area contributed by atoms with Crippen LogP contribution >= 0.6 is 11.6 Å². The van der Waals surface area contributed by atoms with Gasteiger partial charge in [-0.05, 0) is 30.3 Å². The number of nitrogens with one attached hydrogen (secondary N) is 4. The van der Waals surface area contributed by atoms with Gasteiger partial charge in [0.25, 0.3) is 5.91 Å². The van der Waals surface area contributed by atoms with Gasteiger partial charge in [0.2, 0.25) is 16.0 Å². The van der Waals surface area contributed by atoms with Gasteiger partial charge in [0.05, 0.1) is 36.6 Å². The first-order valence-electron chi connectivity index (χ1n) is 9.23. The molecule has 1 aromatic heterocycles. The smallest absolute Gasteiger partial charge is 0.251 e. The summed E-state index contributed by atoms with van der Waals surface area (Å²) in [6.07, 6.45) is 2.45. The highest BCUT2D eigenvalue weighted by molar-refractivity contribution is 7.92. The van der Waals surface area contributed by atoms with Crippen molar-refractivity contribution in [3.8, 4) is 5.75 Å². The largest absolute Gasteiger partial charge is 0.495 e. The van der Waals surface area contributed by atoms with E-state index < -0.39 is 10.0 Å². The number of nitrogens with zero attached hydrogens (tertiary/aromatic N) is 2. The number of aromatic nitrogens is 2. The van der Waals surface area contributed by atoms with Gasteiger partial charge in [-0.25, -0.2) is 13.4 Å². The molecule has 168 valence electrons.